The molecule has 0 aliphatic rings. The molecule has 0 radical (unpaired) electrons. The second kappa shape index (κ2) is 6.86. The SMILES string of the molecule is CCNc1ncnc(N(CC)Cc2cccs2)c1Br. The predicted octanol–water partition coefficient (Wildman–Crippen LogP) is 3.76. The van der Waals surface area contributed by atoms with Gasteiger partial charge in [0.2, 0.25) is 0 Å². The first-order chi connectivity index (χ1) is 9.26. The summed E-state index contributed by atoms with van der Waals surface area (Å²) in [7, 11) is 0. The molecule has 0 aromatic carbocycles. The number of aromatic nitrogens is 2. The molecule has 0 unspecified atom stereocenters. The van der Waals surface area contributed by atoms with E-state index in [4.69, 9.17) is 0 Å². The molecule has 0 saturated carbocycles. The predicted molar refractivity (Wildman–Crippen MR) is 84.9 cm³/mol. The largest absolute Gasteiger partial charge is 0.369 e. The first-order valence-electron chi connectivity index (χ1n) is 6.28. The number of rotatable bonds is 6. The van der Waals surface area contributed by atoms with Gasteiger partial charge in [-0.25, -0.2) is 9.97 Å². The zero-order valence-electron chi connectivity index (χ0n) is 11.1. The van der Waals surface area contributed by atoms with E-state index in [-0.39, 0.29) is 0 Å². The highest BCUT2D eigenvalue weighted by atomic mass is 79.9. The van der Waals surface area contributed by atoms with Crippen molar-refractivity contribution in [2.45, 2.75) is 20.4 Å². The van der Waals surface area contributed by atoms with Crippen LogP contribution in [0.2, 0.25) is 0 Å². The zero-order valence-corrected chi connectivity index (χ0v) is 13.5. The number of nitrogens with one attached hydrogen (secondary N) is 1. The average molecular weight is 341 g/mol. The summed E-state index contributed by atoms with van der Waals surface area (Å²) in [5.41, 5.74) is 0. The smallest absolute Gasteiger partial charge is 0.148 e. The molecule has 0 atom stereocenters. The molecule has 0 aliphatic heterocycles. The standard InChI is InChI=1S/C13H17BrN4S/c1-3-15-12-11(14)13(17-9-16-12)18(4-2)8-10-6-5-7-19-10/h5-7,9H,3-4,8H2,1-2H3,(H,15,16,17). The molecule has 2 aromatic rings. The van der Waals surface area contributed by atoms with Gasteiger partial charge in [-0.05, 0) is 41.2 Å². The minimum Gasteiger partial charge on any atom is -0.369 e. The molecular weight excluding hydrogens is 324 g/mol. The van der Waals surface area contributed by atoms with Crippen molar-refractivity contribution in [2.24, 2.45) is 0 Å². The number of anilines is 2. The van der Waals surface area contributed by atoms with Crippen LogP contribution < -0.4 is 10.2 Å². The molecule has 0 saturated heterocycles. The van der Waals surface area contributed by atoms with Crippen LogP contribution in [0.1, 0.15) is 18.7 Å². The molecule has 0 spiro atoms. The van der Waals surface area contributed by atoms with E-state index in [0.717, 1.165) is 35.7 Å². The van der Waals surface area contributed by atoms with Crippen LogP contribution in [0.25, 0.3) is 0 Å². The Hall–Kier alpha value is -1.14. The summed E-state index contributed by atoms with van der Waals surface area (Å²) in [5.74, 6) is 1.78. The maximum atomic E-state index is 4.41. The summed E-state index contributed by atoms with van der Waals surface area (Å²) in [6, 6.07) is 4.22. The monoisotopic (exact) mass is 340 g/mol. The van der Waals surface area contributed by atoms with E-state index in [2.05, 4.69) is 67.5 Å². The van der Waals surface area contributed by atoms with Crippen LogP contribution in [0.4, 0.5) is 11.6 Å². The maximum Gasteiger partial charge on any atom is 0.148 e. The minimum absolute atomic E-state index is 0.839. The van der Waals surface area contributed by atoms with Crippen LogP contribution in [0, 0.1) is 0 Å². The van der Waals surface area contributed by atoms with Crippen LogP contribution in [0.3, 0.4) is 0 Å². The van der Waals surface area contributed by atoms with Crippen molar-refractivity contribution in [3.8, 4) is 0 Å². The molecule has 0 bridgehead atoms. The van der Waals surface area contributed by atoms with Crippen LogP contribution in [-0.2, 0) is 6.54 Å². The van der Waals surface area contributed by atoms with Crippen molar-refractivity contribution in [1.82, 2.24) is 9.97 Å². The van der Waals surface area contributed by atoms with Crippen molar-refractivity contribution in [1.29, 1.82) is 0 Å². The summed E-state index contributed by atoms with van der Waals surface area (Å²) in [6.07, 6.45) is 1.61. The number of thiophene rings is 1. The lowest BCUT2D eigenvalue weighted by molar-refractivity contribution is 0.816. The molecule has 0 fully saturated rings. The van der Waals surface area contributed by atoms with Gasteiger partial charge >= 0.3 is 0 Å². The van der Waals surface area contributed by atoms with E-state index in [9.17, 15) is 0 Å². The highest BCUT2D eigenvalue weighted by Crippen LogP contribution is 2.30. The van der Waals surface area contributed by atoms with Crippen molar-refractivity contribution < 1.29 is 0 Å². The molecule has 1 N–H and O–H groups in total. The number of hydrogen-bond acceptors (Lipinski definition) is 5. The molecule has 19 heavy (non-hydrogen) atoms. The van der Waals surface area contributed by atoms with Gasteiger partial charge < -0.3 is 10.2 Å². The first kappa shape index (κ1) is 14.3. The van der Waals surface area contributed by atoms with Gasteiger partial charge in [0.15, 0.2) is 0 Å². The first-order valence-corrected chi connectivity index (χ1v) is 7.95. The lowest BCUT2D eigenvalue weighted by Crippen LogP contribution is -2.23. The number of nitrogens with zero attached hydrogens (tertiary/aromatic N) is 3. The third kappa shape index (κ3) is 3.45. The third-order valence-electron chi connectivity index (χ3n) is 2.72. The van der Waals surface area contributed by atoms with E-state index in [1.807, 2.05) is 0 Å². The van der Waals surface area contributed by atoms with Crippen LogP contribution in [-0.4, -0.2) is 23.1 Å². The Bertz CT molecular complexity index is 515. The van der Waals surface area contributed by atoms with Gasteiger partial charge in [-0.3, -0.25) is 0 Å². The Kier molecular flexibility index (Phi) is 5.15. The van der Waals surface area contributed by atoms with Crippen molar-refractivity contribution >= 4 is 38.9 Å². The summed E-state index contributed by atoms with van der Waals surface area (Å²) in [6.45, 7) is 6.80. The summed E-state index contributed by atoms with van der Waals surface area (Å²) < 4.78 is 0.926. The van der Waals surface area contributed by atoms with Crippen molar-refractivity contribution in [2.75, 3.05) is 23.3 Å². The van der Waals surface area contributed by atoms with Gasteiger partial charge in [-0.2, -0.15) is 0 Å². The molecular formula is C13H17BrN4S. The Balaban J connectivity index is 2.25. The van der Waals surface area contributed by atoms with Gasteiger partial charge in [0.25, 0.3) is 0 Å². The lowest BCUT2D eigenvalue weighted by atomic mass is 10.4. The van der Waals surface area contributed by atoms with Crippen molar-refractivity contribution in [3.05, 3.63) is 33.2 Å². The highest BCUT2D eigenvalue weighted by molar-refractivity contribution is 9.10. The molecule has 2 rings (SSSR count). The maximum absolute atomic E-state index is 4.41. The zero-order chi connectivity index (χ0) is 13.7. The quantitative estimate of drug-likeness (QED) is 0.869. The van der Waals surface area contributed by atoms with Gasteiger partial charge in [-0.1, -0.05) is 6.07 Å². The fourth-order valence-electron chi connectivity index (χ4n) is 1.80. The van der Waals surface area contributed by atoms with E-state index < -0.39 is 0 Å². The average Bonchev–Trinajstić information content (AvgIpc) is 2.92. The Labute approximate surface area is 126 Å². The second-order valence-electron chi connectivity index (χ2n) is 3.98. The topological polar surface area (TPSA) is 41.1 Å². The van der Waals surface area contributed by atoms with Gasteiger partial charge in [0.1, 0.15) is 22.4 Å². The minimum atomic E-state index is 0.839. The Morgan fingerprint density at radius 3 is 2.84 bits per heavy atom. The fourth-order valence-corrected chi connectivity index (χ4v) is 3.11. The van der Waals surface area contributed by atoms with Crippen LogP contribution in [0.5, 0.6) is 0 Å². The molecule has 2 heterocycles. The van der Waals surface area contributed by atoms with E-state index in [0.29, 0.717) is 0 Å². The Morgan fingerprint density at radius 1 is 1.37 bits per heavy atom. The molecule has 2 aromatic heterocycles. The Morgan fingerprint density at radius 2 is 2.21 bits per heavy atom. The normalized spacial score (nSPS) is 10.5. The molecule has 0 amide bonds. The number of hydrogen-bond donors (Lipinski definition) is 1. The molecule has 6 heteroatoms. The van der Waals surface area contributed by atoms with E-state index in [1.165, 1.54) is 4.88 Å². The van der Waals surface area contributed by atoms with Crippen LogP contribution >= 0.6 is 27.3 Å². The highest BCUT2D eigenvalue weighted by Gasteiger charge is 2.14. The van der Waals surface area contributed by atoms with E-state index >= 15 is 0 Å². The summed E-state index contributed by atoms with van der Waals surface area (Å²) in [4.78, 5) is 12.2. The lowest BCUT2D eigenvalue weighted by Gasteiger charge is -2.23. The third-order valence-corrected chi connectivity index (χ3v) is 4.31. The summed E-state index contributed by atoms with van der Waals surface area (Å²) in [5, 5.41) is 5.33. The van der Waals surface area contributed by atoms with Gasteiger partial charge in [0, 0.05) is 18.0 Å². The molecule has 4 nitrogen and oxygen atoms in total. The number of halogens is 1. The van der Waals surface area contributed by atoms with E-state index in [1.54, 1.807) is 17.7 Å². The fraction of sp³-hybridized carbons (Fsp3) is 0.385. The summed E-state index contributed by atoms with van der Waals surface area (Å²) >= 11 is 5.37. The molecule has 102 valence electrons. The molecule has 0 aliphatic carbocycles. The second-order valence-corrected chi connectivity index (χ2v) is 5.81. The van der Waals surface area contributed by atoms with Gasteiger partial charge in [0.05, 0.1) is 6.54 Å². The van der Waals surface area contributed by atoms with Crippen molar-refractivity contribution in [3.63, 3.8) is 0 Å². The van der Waals surface area contributed by atoms with Crippen LogP contribution in [0.15, 0.2) is 28.3 Å². The van der Waals surface area contributed by atoms with Gasteiger partial charge in [-0.15, -0.1) is 11.3 Å².